The first-order chi connectivity index (χ1) is 10.5. The van der Waals surface area contributed by atoms with Crippen molar-refractivity contribution >= 4 is 29.2 Å². The summed E-state index contributed by atoms with van der Waals surface area (Å²) < 4.78 is 10.7. The molecule has 1 aromatic carbocycles. The lowest BCUT2D eigenvalue weighted by Crippen LogP contribution is -2.41. The third-order valence-corrected chi connectivity index (χ3v) is 5.33. The Hall–Kier alpha value is -0.810. The standard InChI is InChI=1S/C16H19Cl2NO3/c1-21-15(20)3-2-6-19-10-16(8-12(19)9-22-16)11-4-5-13(17)14(18)7-11/h4-5,7,12H,2-3,6,8-10H2,1H3. The second kappa shape index (κ2) is 6.36. The fourth-order valence-electron chi connectivity index (χ4n) is 3.42. The number of rotatable bonds is 5. The SMILES string of the molecule is COC(=O)CCCN1CC2(c3ccc(Cl)c(Cl)c3)CC1CO2. The Morgan fingerprint density at radius 2 is 2.27 bits per heavy atom. The Labute approximate surface area is 140 Å². The van der Waals surface area contributed by atoms with Crippen LogP contribution in [-0.2, 0) is 19.9 Å². The molecule has 4 nitrogen and oxygen atoms in total. The summed E-state index contributed by atoms with van der Waals surface area (Å²) in [4.78, 5) is 13.6. The van der Waals surface area contributed by atoms with Crippen molar-refractivity contribution in [3.63, 3.8) is 0 Å². The molecule has 2 aliphatic rings. The molecule has 2 saturated heterocycles. The van der Waals surface area contributed by atoms with Gasteiger partial charge in [0.2, 0.25) is 0 Å². The van der Waals surface area contributed by atoms with Crippen molar-refractivity contribution in [1.82, 2.24) is 4.90 Å². The lowest BCUT2D eigenvalue weighted by atomic mass is 9.93. The van der Waals surface area contributed by atoms with E-state index in [1.54, 1.807) is 0 Å². The molecule has 2 atom stereocenters. The largest absolute Gasteiger partial charge is 0.469 e. The number of carbonyl (C=O) groups is 1. The Morgan fingerprint density at radius 3 is 3.00 bits per heavy atom. The molecule has 2 unspecified atom stereocenters. The number of carbonyl (C=O) groups excluding carboxylic acids is 1. The average Bonchev–Trinajstić information content (AvgIpc) is 3.09. The molecule has 22 heavy (non-hydrogen) atoms. The number of ether oxygens (including phenoxy) is 2. The van der Waals surface area contributed by atoms with Crippen molar-refractivity contribution in [2.75, 3.05) is 26.8 Å². The summed E-state index contributed by atoms with van der Waals surface area (Å²) >= 11 is 12.1. The second-order valence-electron chi connectivity index (χ2n) is 5.94. The number of hydrogen-bond donors (Lipinski definition) is 0. The topological polar surface area (TPSA) is 38.8 Å². The van der Waals surface area contributed by atoms with E-state index in [0.29, 0.717) is 22.5 Å². The van der Waals surface area contributed by atoms with Crippen LogP contribution in [0.4, 0.5) is 0 Å². The van der Waals surface area contributed by atoms with Gasteiger partial charge in [-0.1, -0.05) is 29.3 Å². The lowest BCUT2D eigenvalue weighted by Gasteiger charge is -2.33. The molecule has 120 valence electrons. The molecule has 1 aromatic rings. The molecular formula is C16H19Cl2NO3. The number of methoxy groups -OCH3 is 1. The second-order valence-corrected chi connectivity index (χ2v) is 6.76. The monoisotopic (exact) mass is 343 g/mol. The van der Waals surface area contributed by atoms with Gasteiger partial charge in [0.05, 0.1) is 23.8 Å². The minimum absolute atomic E-state index is 0.153. The van der Waals surface area contributed by atoms with Crippen LogP contribution in [0.5, 0.6) is 0 Å². The maximum Gasteiger partial charge on any atom is 0.305 e. The molecule has 0 saturated carbocycles. The van der Waals surface area contributed by atoms with Gasteiger partial charge in [0.25, 0.3) is 0 Å². The molecule has 0 aliphatic carbocycles. The first-order valence-electron chi connectivity index (χ1n) is 7.44. The summed E-state index contributed by atoms with van der Waals surface area (Å²) in [5, 5.41) is 1.12. The van der Waals surface area contributed by atoms with E-state index < -0.39 is 0 Å². The van der Waals surface area contributed by atoms with Crippen LogP contribution < -0.4 is 0 Å². The highest BCUT2D eigenvalue weighted by atomic mass is 35.5. The third kappa shape index (κ3) is 2.98. The van der Waals surface area contributed by atoms with Gasteiger partial charge in [-0.3, -0.25) is 9.69 Å². The molecule has 0 spiro atoms. The van der Waals surface area contributed by atoms with Gasteiger partial charge >= 0.3 is 5.97 Å². The molecule has 2 aliphatic heterocycles. The molecule has 2 fully saturated rings. The zero-order chi connectivity index (χ0) is 15.7. The summed E-state index contributed by atoms with van der Waals surface area (Å²) in [6, 6.07) is 6.13. The van der Waals surface area contributed by atoms with E-state index in [2.05, 4.69) is 9.64 Å². The number of morpholine rings is 1. The minimum Gasteiger partial charge on any atom is -0.469 e. The van der Waals surface area contributed by atoms with Gasteiger partial charge in [0.15, 0.2) is 0 Å². The normalized spacial score (nSPS) is 27.3. The number of nitrogens with zero attached hydrogens (tertiary/aromatic N) is 1. The van der Waals surface area contributed by atoms with Crippen molar-refractivity contribution in [2.24, 2.45) is 0 Å². The van der Waals surface area contributed by atoms with Crippen LogP contribution in [0.2, 0.25) is 10.0 Å². The van der Waals surface area contributed by atoms with Crippen molar-refractivity contribution in [3.05, 3.63) is 33.8 Å². The Morgan fingerprint density at radius 1 is 1.45 bits per heavy atom. The highest BCUT2D eigenvalue weighted by molar-refractivity contribution is 6.42. The van der Waals surface area contributed by atoms with Crippen LogP contribution in [0.1, 0.15) is 24.8 Å². The first kappa shape index (κ1) is 16.1. The Bertz CT molecular complexity index is 581. The number of benzene rings is 1. The van der Waals surface area contributed by atoms with E-state index in [1.165, 1.54) is 7.11 Å². The molecule has 0 amide bonds. The summed E-state index contributed by atoms with van der Waals surface area (Å²) in [6.07, 6.45) is 2.23. The van der Waals surface area contributed by atoms with Crippen LogP contribution >= 0.6 is 23.2 Å². The maximum atomic E-state index is 11.2. The van der Waals surface area contributed by atoms with Crippen molar-refractivity contribution < 1.29 is 14.3 Å². The first-order valence-corrected chi connectivity index (χ1v) is 8.20. The van der Waals surface area contributed by atoms with E-state index in [0.717, 1.165) is 38.1 Å². The van der Waals surface area contributed by atoms with Crippen molar-refractivity contribution in [3.8, 4) is 0 Å². The highest BCUT2D eigenvalue weighted by Crippen LogP contribution is 2.46. The van der Waals surface area contributed by atoms with Gasteiger partial charge in [-0.25, -0.2) is 0 Å². The fourth-order valence-corrected chi connectivity index (χ4v) is 3.72. The fraction of sp³-hybridized carbons (Fsp3) is 0.562. The number of fused-ring (bicyclic) bond motifs is 2. The Balaban J connectivity index is 1.66. The van der Waals surface area contributed by atoms with Gasteiger partial charge in [0, 0.05) is 19.0 Å². The molecule has 0 radical (unpaired) electrons. The molecule has 2 bridgehead atoms. The number of halogens is 2. The Kier molecular flexibility index (Phi) is 4.64. The quantitative estimate of drug-likeness (QED) is 0.769. The van der Waals surface area contributed by atoms with Gasteiger partial charge in [0.1, 0.15) is 5.60 Å². The zero-order valence-corrected chi connectivity index (χ0v) is 14.0. The molecular weight excluding hydrogens is 325 g/mol. The summed E-state index contributed by atoms with van der Waals surface area (Å²) in [6.45, 7) is 2.43. The van der Waals surface area contributed by atoms with E-state index in [1.807, 2.05) is 18.2 Å². The lowest BCUT2D eigenvalue weighted by molar-refractivity contribution is -0.140. The van der Waals surface area contributed by atoms with E-state index in [4.69, 9.17) is 27.9 Å². The van der Waals surface area contributed by atoms with Crippen LogP contribution in [0.25, 0.3) is 0 Å². The van der Waals surface area contributed by atoms with Gasteiger partial charge in [-0.15, -0.1) is 0 Å². The minimum atomic E-state index is -0.288. The van der Waals surface area contributed by atoms with Crippen molar-refractivity contribution in [1.29, 1.82) is 0 Å². The van der Waals surface area contributed by atoms with E-state index in [9.17, 15) is 4.79 Å². The van der Waals surface area contributed by atoms with Crippen LogP contribution in [0.3, 0.4) is 0 Å². The average molecular weight is 344 g/mol. The number of esters is 1. The summed E-state index contributed by atoms with van der Waals surface area (Å²) in [5.74, 6) is -0.153. The van der Waals surface area contributed by atoms with E-state index in [-0.39, 0.29) is 11.6 Å². The van der Waals surface area contributed by atoms with Gasteiger partial charge in [-0.05, 0) is 37.1 Å². The molecule has 0 N–H and O–H groups in total. The molecule has 0 aromatic heterocycles. The summed E-state index contributed by atoms with van der Waals surface area (Å²) in [7, 11) is 1.42. The number of likely N-dealkylation sites (tertiary alicyclic amines) is 1. The predicted molar refractivity (Wildman–Crippen MR) is 85.3 cm³/mol. The van der Waals surface area contributed by atoms with Crippen molar-refractivity contribution in [2.45, 2.75) is 30.9 Å². The third-order valence-electron chi connectivity index (χ3n) is 4.59. The smallest absolute Gasteiger partial charge is 0.305 e. The molecule has 3 rings (SSSR count). The van der Waals surface area contributed by atoms with Gasteiger partial charge in [-0.2, -0.15) is 0 Å². The van der Waals surface area contributed by atoms with Gasteiger partial charge < -0.3 is 9.47 Å². The maximum absolute atomic E-state index is 11.2. The summed E-state index contributed by atoms with van der Waals surface area (Å²) in [5.41, 5.74) is 0.796. The van der Waals surface area contributed by atoms with Crippen LogP contribution in [0.15, 0.2) is 18.2 Å². The van der Waals surface area contributed by atoms with E-state index >= 15 is 0 Å². The number of hydrogen-bond acceptors (Lipinski definition) is 4. The molecule has 6 heteroatoms. The van der Waals surface area contributed by atoms with Crippen LogP contribution in [0, 0.1) is 0 Å². The molecule has 2 heterocycles. The van der Waals surface area contributed by atoms with Crippen LogP contribution in [-0.4, -0.2) is 43.7 Å². The highest BCUT2D eigenvalue weighted by Gasteiger charge is 2.51. The predicted octanol–water partition coefficient (Wildman–Crippen LogP) is 3.25. The zero-order valence-electron chi connectivity index (χ0n) is 12.5.